The number of methoxy groups -OCH3 is 1. The van der Waals surface area contributed by atoms with Gasteiger partial charge in [-0.1, -0.05) is 25.1 Å². The van der Waals surface area contributed by atoms with Crippen molar-refractivity contribution < 1.29 is 19.1 Å². The highest BCUT2D eigenvalue weighted by atomic mass is 32.1. The molecule has 36 heavy (non-hydrogen) atoms. The molecular formula is C25H30N6O4S. The maximum absolute atomic E-state index is 13.9. The van der Waals surface area contributed by atoms with E-state index < -0.39 is 23.4 Å². The number of carbonyl (C=O) groups is 3. The van der Waals surface area contributed by atoms with E-state index in [9.17, 15) is 14.4 Å². The van der Waals surface area contributed by atoms with Crippen molar-refractivity contribution >= 4 is 34.9 Å². The highest BCUT2D eigenvalue weighted by Crippen LogP contribution is 2.31. The first kappa shape index (κ1) is 26.6. The second-order valence-electron chi connectivity index (χ2n) is 8.83. The molecule has 3 rings (SSSR count). The second-order valence-corrected chi connectivity index (χ2v) is 9.61. The average molecular weight is 511 g/mol. The Morgan fingerprint density at radius 2 is 1.89 bits per heavy atom. The standard InChI is InChI=1S/C25H30N6O4S/c1-5-25(2,3)29-23(33)20(16-8-10-17(35-4)11-9-16)31(14-15-7-6-12-28-13-15)24(34)21-18(26)19(22(27)32)30-36-21/h6-13,20H,5,14,26H2,1-4H3,(H2,27,32)(H,29,33). The van der Waals surface area contributed by atoms with Crippen LogP contribution in [-0.4, -0.2) is 44.6 Å². The molecule has 1 atom stereocenters. The fraction of sp³-hybridized carbons (Fsp3) is 0.320. The number of primary amides is 1. The van der Waals surface area contributed by atoms with E-state index in [0.29, 0.717) is 23.3 Å². The Hall–Kier alpha value is -3.99. The van der Waals surface area contributed by atoms with Gasteiger partial charge in [0.1, 0.15) is 16.7 Å². The van der Waals surface area contributed by atoms with E-state index in [1.54, 1.807) is 55.9 Å². The molecule has 2 heterocycles. The van der Waals surface area contributed by atoms with Gasteiger partial charge in [-0.3, -0.25) is 19.4 Å². The first-order valence-corrected chi connectivity index (χ1v) is 12.1. The molecule has 0 saturated heterocycles. The van der Waals surface area contributed by atoms with Crippen LogP contribution in [0.5, 0.6) is 5.75 Å². The van der Waals surface area contributed by atoms with Crippen molar-refractivity contribution in [1.82, 2.24) is 19.6 Å². The number of nitrogens with one attached hydrogen (secondary N) is 1. The molecule has 0 aliphatic heterocycles. The smallest absolute Gasteiger partial charge is 0.270 e. The Morgan fingerprint density at radius 1 is 1.19 bits per heavy atom. The zero-order chi connectivity index (χ0) is 26.5. The lowest BCUT2D eigenvalue weighted by Crippen LogP contribution is -2.50. The highest BCUT2D eigenvalue weighted by Gasteiger charge is 2.36. The van der Waals surface area contributed by atoms with E-state index in [-0.39, 0.29) is 28.7 Å². The van der Waals surface area contributed by atoms with Crippen molar-refractivity contribution in [1.29, 1.82) is 0 Å². The maximum atomic E-state index is 13.9. The van der Waals surface area contributed by atoms with Gasteiger partial charge in [-0.15, -0.1) is 0 Å². The van der Waals surface area contributed by atoms with Gasteiger partial charge in [0.2, 0.25) is 5.91 Å². The summed E-state index contributed by atoms with van der Waals surface area (Å²) in [6.07, 6.45) is 3.91. The molecule has 0 saturated carbocycles. The molecular weight excluding hydrogens is 480 g/mol. The van der Waals surface area contributed by atoms with Crippen LogP contribution in [0.25, 0.3) is 0 Å². The number of anilines is 1. The Kier molecular flexibility index (Phi) is 8.25. The molecule has 0 fully saturated rings. The monoisotopic (exact) mass is 510 g/mol. The van der Waals surface area contributed by atoms with Gasteiger partial charge in [0.05, 0.1) is 12.8 Å². The number of hydrogen-bond acceptors (Lipinski definition) is 8. The van der Waals surface area contributed by atoms with E-state index in [2.05, 4.69) is 14.7 Å². The summed E-state index contributed by atoms with van der Waals surface area (Å²) in [5, 5.41) is 3.05. The topological polar surface area (TPSA) is 154 Å². The number of benzene rings is 1. The fourth-order valence-electron chi connectivity index (χ4n) is 3.48. The van der Waals surface area contributed by atoms with Crippen molar-refractivity contribution in [2.45, 2.75) is 45.3 Å². The van der Waals surface area contributed by atoms with Crippen LogP contribution in [0.3, 0.4) is 0 Å². The number of rotatable bonds is 10. The SMILES string of the molecule is CCC(C)(C)NC(=O)C(c1ccc(OC)cc1)N(Cc1cccnc1)C(=O)c1snc(C(N)=O)c1N. The third kappa shape index (κ3) is 5.98. The lowest BCUT2D eigenvalue weighted by atomic mass is 9.98. The van der Waals surface area contributed by atoms with Gasteiger partial charge in [-0.2, -0.15) is 4.37 Å². The van der Waals surface area contributed by atoms with Crippen molar-refractivity contribution in [2.75, 3.05) is 12.8 Å². The van der Waals surface area contributed by atoms with Crippen LogP contribution in [0.4, 0.5) is 5.69 Å². The molecule has 2 aromatic heterocycles. The largest absolute Gasteiger partial charge is 0.497 e. The number of amides is 3. The van der Waals surface area contributed by atoms with E-state index in [1.807, 2.05) is 20.8 Å². The van der Waals surface area contributed by atoms with E-state index in [0.717, 1.165) is 11.5 Å². The average Bonchev–Trinajstić information content (AvgIpc) is 3.25. The molecule has 1 aromatic carbocycles. The zero-order valence-electron chi connectivity index (χ0n) is 20.6. The van der Waals surface area contributed by atoms with E-state index in [4.69, 9.17) is 16.2 Å². The lowest BCUT2D eigenvalue weighted by molar-refractivity contribution is -0.127. The van der Waals surface area contributed by atoms with Crippen LogP contribution in [0.15, 0.2) is 48.8 Å². The summed E-state index contributed by atoms with van der Waals surface area (Å²) in [6, 6.07) is 9.42. The quantitative estimate of drug-likeness (QED) is 0.379. The summed E-state index contributed by atoms with van der Waals surface area (Å²) in [4.78, 5) is 45.0. The number of nitrogen functional groups attached to an aromatic ring is 1. The van der Waals surface area contributed by atoms with Crippen LogP contribution < -0.4 is 21.5 Å². The van der Waals surface area contributed by atoms with Gasteiger partial charge in [-0.05, 0) is 61.1 Å². The summed E-state index contributed by atoms with van der Waals surface area (Å²) in [5.41, 5.74) is 11.9. The molecule has 0 spiro atoms. The molecule has 0 aliphatic carbocycles. The predicted octanol–water partition coefficient (Wildman–Crippen LogP) is 2.92. The number of nitrogens with zero attached hydrogens (tertiary/aromatic N) is 3. The zero-order valence-corrected chi connectivity index (χ0v) is 21.5. The first-order valence-electron chi connectivity index (χ1n) is 11.3. The van der Waals surface area contributed by atoms with Crippen LogP contribution in [0.1, 0.15) is 64.5 Å². The van der Waals surface area contributed by atoms with Crippen LogP contribution in [0, 0.1) is 0 Å². The van der Waals surface area contributed by atoms with Gasteiger partial charge >= 0.3 is 0 Å². The first-order chi connectivity index (χ1) is 17.1. The number of ether oxygens (including phenoxy) is 1. The number of pyridine rings is 1. The van der Waals surface area contributed by atoms with Crippen LogP contribution in [0.2, 0.25) is 0 Å². The number of nitrogens with two attached hydrogens (primary N) is 2. The molecule has 0 radical (unpaired) electrons. The minimum atomic E-state index is -1.03. The maximum Gasteiger partial charge on any atom is 0.270 e. The molecule has 0 aliphatic rings. The summed E-state index contributed by atoms with van der Waals surface area (Å²) >= 11 is 0.765. The Labute approximate surface area is 213 Å². The molecule has 190 valence electrons. The molecule has 10 nitrogen and oxygen atoms in total. The minimum Gasteiger partial charge on any atom is -0.497 e. The van der Waals surface area contributed by atoms with Crippen molar-refractivity contribution in [3.05, 3.63) is 70.5 Å². The third-order valence-corrected chi connectivity index (χ3v) is 6.68. The van der Waals surface area contributed by atoms with E-state index in [1.165, 1.54) is 4.90 Å². The summed E-state index contributed by atoms with van der Waals surface area (Å²) in [5.74, 6) is -1.17. The van der Waals surface area contributed by atoms with Crippen molar-refractivity contribution in [3.63, 3.8) is 0 Å². The van der Waals surface area contributed by atoms with Gasteiger partial charge in [-0.25, -0.2) is 0 Å². The molecule has 1 unspecified atom stereocenters. The molecule has 5 N–H and O–H groups in total. The fourth-order valence-corrected chi connectivity index (χ4v) is 4.24. The second kappa shape index (κ2) is 11.2. The Morgan fingerprint density at radius 3 is 2.42 bits per heavy atom. The Bertz CT molecular complexity index is 1230. The predicted molar refractivity (Wildman–Crippen MR) is 137 cm³/mol. The molecule has 3 aromatic rings. The molecule has 0 bridgehead atoms. The minimum absolute atomic E-state index is 0.0220. The molecule has 11 heteroatoms. The van der Waals surface area contributed by atoms with Gasteiger partial charge < -0.3 is 26.4 Å². The Balaban J connectivity index is 2.15. The van der Waals surface area contributed by atoms with Crippen molar-refractivity contribution in [3.8, 4) is 5.75 Å². The van der Waals surface area contributed by atoms with Crippen LogP contribution in [-0.2, 0) is 11.3 Å². The number of aromatic nitrogens is 2. The third-order valence-electron chi connectivity index (χ3n) is 5.83. The summed E-state index contributed by atoms with van der Waals surface area (Å²) < 4.78 is 9.23. The summed E-state index contributed by atoms with van der Waals surface area (Å²) in [7, 11) is 1.55. The summed E-state index contributed by atoms with van der Waals surface area (Å²) in [6.45, 7) is 5.82. The van der Waals surface area contributed by atoms with E-state index >= 15 is 0 Å². The van der Waals surface area contributed by atoms with Gasteiger partial charge in [0.25, 0.3) is 11.8 Å². The number of hydrogen-bond donors (Lipinski definition) is 3. The van der Waals surface area contributed by atoms with Gasteiger partial charge in [0, 0.05) is 24.5 Å². The van der Waals surface area contributed by atoms with Gasteiger partial charge in [0.15, 0.2) is 5.69 Å². The van der Waals surface area contributed by atoms with Crippen molar-refractivity contribution in [2.24, 2.45) is 5.73 Å². The highest BCUT2D eigenvalue weighted by molar-refractivity contribution is 7.09. The number of carbonyl (C=O) groups excluding carboxylic acids is 3. The van der Waals surface area contributed by atoms with Crippen LogP contribution >= 0.6 is 11.5 Å². The lowest BCUT2D eigenvalue weighted by Gasteiger charge is -2.34. The normalized spacial score (nSPS) is 12.0. The molecule has 3 amide bonds.